The maximum Gasteiger partial charge on any atom is 0.263 e. The molecule has 138 valence electrons. The van der Waals surface area contributed by atoms with E-state index in [1.54, 1.807) is 4.90 Å². The number of aromatic nitrogens is 2. The van der Waals surface area contributed by atoms with Crippen LogP contribution in [0.2, 0.25) is 5.02 Å². The molecule has 0 radical (unpaired) electrons. The number of rotatable bonds is 5. The number of hydrogen-bond acceptors (Lipinski definition) is 4. The third kappa shape index (κ3) is 3.63. The summed E-state index contributed by atoms with van der Waals surface area (Å²) in [6, 6.07) is 9.45. The van der Waals surface area contributed by atoms with Crippen molar-refractivity contribution in [1.29, 1.82) is 0 Å². The van der Waals surface area contributed by atoms with Crippen molar-refractivity contribution >= 4 is 39.1 Å². The molecular weight excluding hydrogens is 368 g/mol. The Balaban J connectivity index is 1.96. The molecule has 26 heavy (non-hydrogen) atoms. The Morgan fingerprint density at radius 1 is 1.35 bits per heavy atom. The van der Waals surface area contributed by atoms with E-state index in [1.807, 2.05) is 49.0 Å². The van der Waals surface area contributed by atoms with Gasteiger partial charge >= 0.3 is 0 Å². The number of fused-ring (bicyclic) bond motifs is 1. The van der Waals surface area contributed by atoms with Gasteiger partial charge in [0.05, 0.1) is 16.3 Å². The molecule has 3 rings (SSSR count). The summed E-state index contributed by atoms with van der Waals surface area (Å²) >= 11 is 7.44. The highest BCUT2D eigenvalue weighted by atomic mass is 35.5. The van der Waals surface area contributed by atoms with Crippen LogP contribution < -0.4 is 5.73 Å². The van der Waals surface area contributed by atoms with Gasteiger partial charge in [0.2, 0.25) is 0 Å². The van der Waals surface area contributed by atoms with Crippen molar-refractivity contribution in [3.05, 3.63) is 45.9 Å². The van der Waals surface area contributed by atoms with Gasteiger partial charge in [-0.15, -0.1) is 11.3 Å². The van der Waals surface area contributed by atoms with Gasteiger partial charge in [-0.25, -0.2) is 4.68 Å². The van der Waals surface area contributed by atoms with Crippen LogP contribution in [-0.4, -0.2) is 40.7 Å². The Kier molecular flexibility index (Phi) is 5.10. The molecule has 5 nitrogen and oxygen atoms in total. The van der Waals surface area contributed by atoms with Gasteiger partial charge in [0, 0.05) is 24.0 Å². The summed E-state index contributed by atoms with van der Waals surface area (Å²) in [7, 11) is 1.82. The number of carbonyl (C=O) groups is 1. The van der Waals surface area contributed by atoms with Crippen molar-refractivity contribution in [1.82, 2.24) is 14.7 Å². The molecule has 0 saturated carbocycles. The van der Waals surface area contributed by atoms with Gasteiger partial charge in [-0.3, -0.25) is 4.79 Å². The highest BCUT2D eigenvalue weighted by Gasteiger charge is 2.24. The van der Waals surface area contributed by atoms with Crippen molar-refractivity contribution in [2.75, 3.05) is 20.1 Å². The average Bonchev–Trinajstić information content (AvgIpc) is 3.15. The van der Waals surface area contributed by atoms with Crippen molar-refractivity contribution in [2.45, 2.75) is 20.8 Å². The minimum absolute atomic E-state index is 0.00906. The van der Waals surface area contributed by atoms with Crippen LogP contribution in [0.25, 0.3) is 15.9 Å². The minimum Gasteiger partial charge on any atom is -0.340 e. The second-order valence-electron chi connectivity index (χ2n) is 7.33. The zero-order valence-corrected chi connectivity index (χ0v) is 17.0. The Morgan fingerprint density at radius 3 is 2.62 bits per heavy atom. The molecule has 2 heterocycles. The number of hydrogen-bond donors (Lipinski definition) is 1. The molecule has 3 aromatic rings. The molecule has 2 N–H and O–H groups in total. The van der Waals surface area contributed by atoms with Gasteiger partial charge < -0.3 is 10.6 Å². The maximum atomic E-state index is 12.9. The van der Waals surface area contributed by atoms with Crippen LogP contribution in [-0.2, 0) is 0 Å². The zero-order valence-electron chi connectivity index (χ0n) is 15.4. The van der Waals surface area contributed by atoms with E-state index >= 15 is 0 Å². The minimum atomic E-state index is -0.114. The fourth-order valence-corrected chi connectivity index (χ4v) is 4.18. The lowest BCUT2D eigenvalue weighted by Gasteiger charge is -2.28. The molecule has 0 aliphatic carbocycles. The van der Waals surface area contributed by atoms with Crippen molar-refractivity contribution in [2.24, 2.45) is 11.1 Å². The average molecular weight is 391 g/mol. The molecular formula is C19H23ClN4OS. The van der Waals surface area contributed by atoms with E-state index < -0.39 is 0 Å². The number of nitrogens with zero attached hydrogens (tertiary/aromatic N) is 3. The van der Waals surface area contributed by atoms with Crippen LogP contribution >= 0.6 is 22.9 Å². The number of nitrogens with two attached hydrogens (primary N) is 1. The molecule has 1 aromatic carbocycles. The van der Waals surface area contributed by atoms with Gasteiger partial charge in [-0.2, -0.15) is 5.10 Å². The topological polar surface area (TPSA) is 64.2 Å². The van der Waals surface area contributed by atoms with Crippen LogP contribution in [0.3, 0.4) is 0 Å². The Morgan fingerprint density at radius 2 is 2.00 bits per heavy atom. The number of thiophene rings is 1. The summed E-state index contributed by atoms with van der Waals surface area (Å²) in [5.41, 5.74) is 7.50. The number of halogens is 1. The molecule has 2 aromatic heterocycles. The number of carbonyl (C=O) groups excluding carboxylic acids is 1. The van der Waals surface area contributed by atoms with Crippen molar-refractivity contribution in [3.8, 4) is 5.69 Å². The van der Waals surface area contributed by atoms with Gasteiger partial charge in [0.15, 0.2) is 0 Å². The van der Waals surface area contributed by atoms with E-state index in [0.29, 0.717) is 23.0 Å². The number of aryl methyl sites for hydroxylation is 1. The summed E-state index contributed by atoms with van der Waals surface area (Å²) in [5, 5.41) is 6.29. The maximum absolute atomic E-state index is 12.9. The monoisotopic (exact) mass is 390 g/mol. The first-order valence-electron chi connectivity index (χ1n) is 8.42. The highest BCUT2D eigenvalue weighted by Crippen LogP contribution is 2.31. The normalized spacial score (nSPS) is 11.9. The fraction of sp³-hybridized carbons (Fsp3) is 0.368. The van der Waals surface area contributed by atoms with Gasteiger partial charge in [-0.1, -0.05) is 25.4 Å². The SMILES string of the molecule is Cc1nn(-c2ccc(Cl)cc2)c2sc(C(=O)N(C)CC(C)(C)CN)cc12. The molecule has 7 heteroatoms. The summed E-state index contributed by atoms with van der Waals surface area (Å²) < 4.78 is 1.87. The lowest BCUT2D eigenvalue weighted by atomic mass is 9.93. The van der Waals surface area contributed by atoms with Crippen molar-refractivity contribution in [3.63, 3.8) is 0 Å². The van der Waals surface area contributed by atoms with Crippen LogP contribution in [0.4, 0.5) is 0 Å². The van der Waals surface area contributed by atoms with E-state index in [2.05, 4.69) is 18.9 Å². The second-order valence-corrected chi connectivity index (χ2v) is 8.80. The van der Waals surface area contributed by atoms with E-state index in [4.69, 9.17) is 17.3 Å². The third-order valence-electron chi connectivity index (χ3n) is 4.39. The Labute approximate surface area is 162 Å². The van der Waals surface area contributed by atoms with E-state index in [0.717, 1.165) is 21.6 Å². The van der Waals surface area contributed by atoms with E-state index in [1.165, 1.54) is 11.3 Å². The molecule has 0 bridgehead atoms. The zero-order chi connectivity index (χ0) is 19.1. The van der Waals surface area contributed by atoms with Crippen LogP contribution in [0.1, 0.15) is 29.2 Å². The summed E-state index contributed by atoms with van der Waals surface area (Å²) in [6.45, 7) is 7.21. The predicted molar refractivity (Wildman–Crippen MR) is 108 cm³/mol. The van der Waals surface area contributed by atoms with Gasteiger partial charge in [-0.05, 0) is 49.2 Å². The van der Waals surface area contributed by atoms with Crippen LogP contribution in [0.5, 0.6) is 0 Å². The summed E-state index contributed by atoms with van der Waals surface area (Å²) in [6.07, 6.45) is 0. The van der Waals surface area contributed by atoms with Crippen molar-refractivity contribution < 1.29 is 4.79 Å². The first kappa shape index (κ1) is 18.9. The number of benzene rings is 1. The largest absolute Gasteiger partial charge is 0.340 e. The highest BCUT2D eigenvalue weighted by molar-refractivity contribution is 7.20. The van der Waals surface area contributed by atoms with Crippen LogP contribution in [0, 0.1) is 12.3 Å². The lowest BCUT2D eigenvalue weighted by molar-refractivity contribution is 0.0745. The first-order chi connectivity index (χ1) is 12.2. The van der Waals surface area contributed by atoms with Gasteiger partial charge in [0.25, 0.3) is 5.91 Å². The second kappa shape index (κ2) is 7.02. The number of amides is 1. The molecule has 0 fully saturated rings. The molecule has 0 aliphatic rings. The van der Waals surface area contributed by atoms with E-state index in [-0.39, 0.29) is 11.3 Å². The molecule has 0 aliphatic heterocycles. The Bertz CT molecular complexity index is 943. The first-order valence-corrected chi connectivity index (χ1v) is 9.62. The smallest absolute Gasteiger partial charge is 0.263 e. The standard InChI is InChI=1S/C19H23ClN4OS/c1-12-15-9-16(17(25)23(4)11-19(2,3)10-21)26-18(15)24(22-12)14-7-5-13(20)6-8-14/h5-9H,10-11,21H2,1-4H3. The third-order valence-corrected chi connectivity index (χ3v) is 5.74. The molecule has 1 amide bonds. The molecule has 0 atom stereocenters. The quantitative estimate of drug-likeness (QED) is 0.713. The van der Waals surface area contributed by atoms with Gasteiger partial charge in [0.1, 0.15) is 4.83 Å². The predicted octanol–water partition coefficient (Wildman–Crippen LogP) is 4.11. The fourth-order valence-electron chi connectivity index (χ4n) is 2.88. The van der Waals surface area contributed by atoms with Crippen LogP contribution in [0.15, 0.2) is 30.3 Å². The molecule has 0 unspecified atom stereocenters. The summed E-state index contributed by atoms with van der Waals surface area (Å²) in [5.74, 6) is 0.00906. The Hall–Kier alpha value is -1.89. The lowest BCUT2D eigenvalue weighted by Crippen LogP contribution is -2.39. The van der Waals surface area contributed by atoms with E-state index in [9.17, 15) is 4.79 Å². The molecule has 0 saturated heterocycles. The molecule has 0 spiro atoms. The summed E-state index contributed by atoms with van der Waals surface area (Å²) in [4.78, 5) is 16.3.